The molecule has 0 aromatic heterocycles. The minimum Gasteiger partial charge on any atom is -0.251 e. The van der Waals surface area contributed by atoms with Crippen LogP contribution in [0.3, 0.4) is 0 Å². The van der Waals surface area contributed by atoms with Crippen LogP contribution in [-0.2, 0) is 0 Å². The van der Waals surface area contributed by atoms with E-state index in [0.29, 0.717) is 0 Å². The molecule has 0 aromatic carbocycles. The molecule has 0 aliphatic heterocycles. The third kappa shape index (κ3) is 17.4. The summed E-state index contributed by atoms with van der Waals surface area (Å²) in [5, 5.41) is 0. The second-order valence-corrected chi connectivity index (χ2v) is 5.27. The fourth-order valence-corrected chi connectivity index (χ4v) is 2.08. The van der Waals surface area contributed by atoms with Crippen molar-refractivity contribution in [3.8, 4) is 0 Å². The highest BCUT2D eigenvalue weighted by Crippen LogP contribution is 2.08. The van der Waals surface area contributed by atoms with Crippen LogP contribution in [0.15, 0.2) is 24.3 Å². The Morgan fingerprint density at radius 1 is 0.632 bits per heavy atom. The molecule has 0 nitrogen and oxygen atoms in total. The van der Waals surface area contributed by atoms with Gasteiger partial charge in [0.15, 0.2) is 0 Å². The van der Waals surface area contributed by atoms with Gasteiger partial charge in [0, 0.05) is 0 Å². The van der Waals surface area contributed by atoms with Gasteiger partial charge in [-0.1, -0.05) is 69.8 Å². The van der Waals surface area contributed by atoms with Gasteiger partial charge < -0.3 is 0 Å². The predicted molar refractivity (Wildman–Crippen MR) is 85.3 cm³/mol. The topological polar surface area (TPSA) is 0 Å². The van der Waals surface area contributed by atoms with E-state index >= 15 is 0 Å². The summed E-state index contributed by atoms with van der Waals surface area (Å²) < 4.78 is 11.8. The van der Waals surface area contributed by atoms with Gasteiger partial charge in [0.05, 0.1) is 6.67 Å². The quantitative estimate of drug-likeness (QED) is 0.241. The lowest BCUT2D eigenvalue weighted by atomic mass is 10.1. The van der Waals surface area contributed by atoms with Crippen molar-refractivity contribution in [2.45, 2.75) is 84.0 Å². The maximum atomic E-state index is 11.8. The minimum atomic E-state index is -0.144. The fraction of sp³-hybridized carbons (Fsp3) is 0.778. The first-order valence-electron chi connectivity index (χ1n) is 8.27. The van der Waals surface area contributed by atoms with Gasteiger partial charge in [0.2, 0.25) is 0 Å². The average Bonchev–Trinajstić information content (AvgIpc) is 2.43. The van der Waals surface area contributed by atoms with Crippen LogP contribution in [0.4, 0.5) is 4.39 Å². The number of rotatable bonds is 14. The van der Waals surface area contributed by atoms with Crippen LogP contribution in [0.25, 0.3) is 0 Å². The molecule has 112 valence electrons. The molecule has 0 spiro atoms. The smallest absolute Gasteiger partial charge is 0.0894 e. The van der Waals surface area contributed by atoms with Gasteiger partial charge in [-0.25, -0.2) is 0 Å². The summed E-state index contributed by atoms with van der Waals surface area (Å²) in [4.78, 5) is 0. The van der Waals surface area contributed by atoms with Gasteiger partial charge in [-0.05, 0) is 38.5 Å². The van der Waals surface area contributed by atoms with Crippen molar-refractivity contribution in [1.82, 2.24) is 0 Å². The van der Waals surface area contributed by atoms with E-state index in [4.69, 9.17) is 0 Å². The van der Waals surface area contributed by atoms with E-state index in [1.54, 1.807) is 0 Å². The van der Waals surface area contributed by atoms with Gasteiger partial charge in [-0.2, -0.15) is 0 Å². The Morgan fingerprint density at radius 3 is 1.74 bits per heavy atom. The molecule has 0 rings (SSSR count). The second-order valence-electron chi connectivity index (χ2n) is 5.27. The first-order chi connectivity index (χ1) is 9.41. The molecule has 0 unspecified atom stereocenters. The zero-order valence-corrected chi connectivity index (χ0v) is 12.9. The summed E-state index contributed by atoms with van der Waals surface area (Å²) in [6.45, 7) is 2.10. The standard InChI is InChI=1S/C18H33F/c1-2-3-4-5-6-7-8-9-10-11-12-13-14-15-16-17-18-19/h6-7,9-10H,2-5,8,11-18H2,1H3/b7-6-,10-9-. The monoisotopic (exact) mass is 268 g/mol. The Labute approximate surface area is 120 Å². The number of unbranched alkanes of at least 4 members (excludes halogenated alkanes) is 9. The molecule has 0 aromatic rings. The van der Waals surface area contributed by atoms with E-state index in [1.807, 2.05) is 0 Å². The summed E-state index contributed by atoms with van der Waals surface area (Å²) in [5.74, 6) is 0. The Kier molecular flexibility index (Phi) is 16.9. The van der Waals surface area contributed by atoms with Crippen molar-refractivity contribution in [3.05, 3.63) is 24.3 Å². The van der Waals surface area contributed by atoms with E-state index in [9.17, 15) is 4.39 Å². The minimum absolute atomic E-state index is 0.144. The van der Waals surface area contributed by atoms with E-state index in [0.717, 1.165) is 19.3 Å². The average molecular weight is 268 g/mol. The highest BCUT2D eigenvalue weighted by molar-refractivity contribution is 4.92. The summed E-state index contributed by atoms with van der Waals surface area (Å²) in [5.41, 5.74) is 0. The van der Waals surface area contributed by atoms with E-state index in [2.05, 4.69) is 31.2 Å². The molecular formula is C18H33F. The molecule has 0 bridgehead atoms. The Bertz CT molecular complexity index is 206. The largest absolute Gasteiger partial charge is 0.251 e. The van der Waals surface area contributed by atoms with Crippen molar-refractivity contribution in [2.24, 2.45) is 0 Å². The number of allylic oxidation sites excluding steroid dienone is 4. The molecule has 0 saturated carbocycles. The first kappa shape index (κ1) is 18.4. The van der Waals surface area contributed by atoms with Gasteiger partial charge in [0.25, 0.3) is 0 Å². The molecule has 0 aliphatic rings. The number of alkyl halides is 1. The van der Waals surface area contributed by atoms with Gasteiger partial charge in [-0.15, -0.1) is 0 Å². The zero-order chi connectivity index (χ0) is 14.0. The molecule has 0 saturated heterocycles. The van der Waals surface area contributed by atoms with Crippen molar-refractivity contribution in [2.75, 3.05) is 6.67 Å². The fourth-order valence-electron chi connectivity index (χ4n) is 2.08. The molecule has 19 heavy (non-hydrogen) atoms. The van der Waals surface area contributed by atoms with Crippen LogP contribution in [0.5, 0.6) is 0 Å². The summed E-state index contributed by atoms with van der Waals surface area (Å²) >= 11 is 0. The van der Waals surface area contributed by atoms with E-state index in [1.165, 1.54) is 57.8 Å². The van der Waals surface area contributed by atoms with Crippen LogP contribution in [0.1, 0.15) is 84.0 Å². The van der Waals surface area contributed by atoms with Gasteiger partial charge >= 0.3 is 0 Å². The molecular weight excluding hydrogens is 235 g/mol. The van der Waals surface area contributed by atoms with Crippen molar-refractivity contribution in [3.63, 3.8) is 0 Å². The summed E-state index contributed by atoms with van der Waals surface area (Å²) in [6.07, 6.45) is 23.6. The Morgan fingerprint density at radius 2 is 1.16 bits per heavy atom. The summed E-state index contributed by atoms with van der Waals surface area (Å²) in [7, 11) is 0. The SMILES string of the molecule is CCCCC/C=C\C/C=C\CCCCCCCCF. The van der Waals surface area contributed by atoms with E-state index < -0.39 is 0 Å². The van der Waals surface area contributed by atoms with Gasteiger partial charge in [-0.3, -0.25) is 4.39 Å². The van der Waals surface area contributed by atoms with Crippen LogP contribution in [0.2, 0.25) is 0 Å². The van der Waals surface area contributed by atoms with Crippen LogP contribution in [-0.4, -0.2) is 6.67 Å². The molecule has 0 amide bonds. The van der Waals surface area contributed by atoms with Crippen LogP contribution < -0.4 is 0 Å². The Balaban J connectivity index is 3.12. The van der Waals surface area contributed by atoms with Gasteiger partial charge in [0.1, 0.15) is 0 Å². The van der Waals surface area contributed by atoms with E-state index in [-0.39, 0.29) is 6.67 Å². The molecule has 0 aliphatic carbocycles. The number of halogens is 1. The van der Waals surface area contributed by atoms with Crippen molar-refractivity contribution >= 4 is 0 Å². The normalized spacial score (nSPS) is 11.9. The molecule has 0 N–H and O–H groups in total. The second kappa shape index (κ2) is 17.4. The van der Waals surface area contributed by atoms with Crippen molar-refractivity contribution in [1.29, 1.82) is 0 Å². The highest BCUT2D eigenvalue weighted by atomic mass is 19.1. The number of hydrogen-bond acceptors (Lipinski definition) is 0. The highest BCUT2D eigenvalue weighted by Gasteiger charge is 1.89. The number of hydrogen-bond donors (Lipinski definition) is 0. The van der Waals surface area contributed by atoms with Crippen molar-refractivity contribution < 1.29 is 4.39 Å². The maximum Gasteiger partial charge on any atom is 0.0894 e. The van der Waals surface area contributed by atoms with Crippen LogP contribution in [0, 0.1) is 0 Å². The molecule has 0 radical (unpaired) electrons. The lowest BCUT2D eigenvalue weighted by Crippen LogP contribution is -1.80. The lowest BCUT2D eigenvalue weighted by Gasteiger charge is -1.98. The first-order valence-corrected chi connectivity index (χ1v) is 8.27. The lowest BCUT2D eigenvalue weighted by molar-refractivity contribution is 0.450. The zero-order valence-electron chi connectivity index (χ0n) is 12.9. The molecule has 0 heterocycles. The molecule has 1 heteroatoms. The predicted octanol–water partition coefficient (Wildman–Crippen LogP) is 6.77. The third-order valence-corrected chi connectivity index (χ3v) is 3.33. The third-order valence-electron chi connectivity index (χ3n) is 3.33. The maximum absolute atomic E-state index is 11.8. The summed E-state index contributed by atoms with van der Waals surface area (Å²) in [6, 6.07) is 0. The molecule has 0 fully saturated rings. The Hall–Kier alpha value is -0.590. The molecule has 0 atom stereocenters. The van der Waals surface area contributed by atoms with Crippen LogP contribution >= 0.6 is 0 Å².